The summed E-state index contributed by atoms with van der Waals surface area (Å²) in [5, 5.41) is 3.50. The van der Waals surface area contributed by atoms with E-state index in [4.69, 9.17) is 4.74 Å². The average Bonchev–Trinajstić information content (AvgIpc) is 2.36. The molecule has 2 atom stereocenters. The van der Waals surface area contributed by atoms with Crippen LogP contribution in [0.15, 0.2) is 0 Å². The third-order valence-corrected chi connectivity index (χ3v) is 4.66. The van der Waals surface area contributed by atoms with E-state index in [1.54, 1.807) is 0 Å². The lowest BCUT2D eigenvalue weighted by atomic mass is 9.55. The number of hydrogen-bond acceptors (Lipinski definition) is 2. The highest BCUT2D eigenvalue weighted by Crippen LogP contribution is 2.53. The second-order valence-electron chi connectivity index (χ2n) is 5.95. The van der Waals surface area contributed by atoms with Gasteiger partial charge in [-0.15, -0.1) is 0 Å². The molecule has 1 N–H and O–H groups in total. The van der Waals surface area contributed by atoms with E-state index in [0.717, 1.165) is 45.1 Å². The molecule has 2 saturated carbocycles. The van der Waals surface area contributed by atoms with Crippen LogP contribution in [0.3, 0.4) is 0 Å². The van der Waals surface area contributed by atoms with Crippen LogP contribution < -0.4 is 5.32 Å². The molecule has 0 amide bonds. The maximum absolute atomic E-state index is 12.3. The fourth-order valence-corrected chi connectivity index (χ4v) is 3.66. The molecule has 2 aliphatic rings. The van der Waals surface area contributed by atoms with Gasteiger partial charge >= 0.3 is 6.18 Å². The number of nitrogens with one attached hydrogen (secondary N) is 1. The van der Waals surface area contributed by atoms with Crippen LogP contribution in [0.5, 0.6) is 0 Å². The van der Waals surface area contributed by atoms with Crippen molar-refractivity contribution in [2.75, 3.05) is 13.2 Å². The molecule has 0 bridgehead atoms. The molecular formula is C14H24F3NO. The molecular weight excluding hydrogens is 255 g/mol. The standard InChI is InChI=1S/C14H24F3NO/c1-2-8-18-11-9-12(19-10-14(15,16)17)13(11)6-4-3-5-7-13/h11-12,18H,2-10H2,1H3. The van der Waals surface area contributed by atoms with E-state index in [1.807, 2.05) is 0 Å². The van der Waals surface area contributed by atoms with Gasteiger partial charge in [-0.1, -0.05) is 26.2 Å². The monoisotopic (exact) mass is 279 g/mol. The van der Waals surface area contributed by atoms with Gasteiger partial charge in [-0.2, -0.15) is 13.2 Å². The molecule has 1 spiro atoms. The SMILES string of the molecule is CCCNC1CC(OCC(F)(F)F)C12CCCCC2. The lowest BCUT2D eigenvalue weighted by molar-refractivity contribution is -0.228. The van der Waals surface area contributed by atoms with Crippen molar-refractivity contribution in [3.05, 3.63) is 0 Å². The summed E-state index contributed by atoms with van der Waals surface area (Å²) in [5.41, 5.74) is -0.0291. The smallest absolute Gasteiger partial charge is 0.368 e. The normalized spacial score (nSPS) is 30.3. The van der Waals surface area contributed by atoms with Gasteiger partial charge in [-0.3, -0.25) is 0 Å². The Labute approximate surface area is 113 Å². The molecule has 112 valence electrons. The molecule has 0 saturated heterocycles. The number of alkyl halides is 3. The summed E-state index contributed by atoms with van der Waals surface area (Å²) in [6, 6.07) is 0.353. The highest BCUT2D eigenvalue weighted by molar-refractivity contribution is 5.08. The molecule has 2 rings (SSSR count). The zero-order chi connectivity index (χ0) is 13.9. The minimum Gasteiger partial charge on any atom is -0.368 e. The minimum absolute atomic E-state index is 0.0291. The molecule has 0 heterocycles. The first-order valence-electron chi connectivity index (χ1n) is 7.40. The van der Waals surface area contributed by atoms with Gasteiger partial charge in [0.1, 0.15) is 6.61 Å². The largest absolute Gasteiger partial charge is 0.411 e. The fraction of sp³-hybridized carbons (Fsp3) is 1.00. The van der Waals surface area contributed by atoms with Crippen molar-refractivity contribution in [1.82, 2.24) is 5.32 Å². The van der Waals surface area contributed by atoms with Crippen LogP contribution >= 0.6 is 0 Å². The lowest BCUT2D eigenvalue weighted by Crippen LogP contribution is -2.64. The predicted octanol–water partition coefficient (Wildman–Crippen LogP) is 3.66. The Bertz CT molecular complexity index is 287. The van der Waals surface area contributed by atoms with Gasteiger partial charge in [0.2, 0.25) is 0 Å². The maximum atomic E-state index is 12.3. The molecule has 0 aromatic carbocycles. The summed E-state index contributed by atoms with van der Waals surface area (Å²) in [7, 11) is 0. The van der Waals surface area contributed by atoms with Gasteiger partial charge in [0.25, 0.3) is 0 Å². The Kier molecular flexibility index (Phi) is 4.77. The van der Waals surface area contributed by atoms with E-state index < -0.39 is 12.8 Å². The van der Waals surface area contributed by atoms with Crippen molar-refractivity contribution in [3.8, 4) is 0 Å². The van der Waals surface area contributed by atoms with E-state index in [0.29, 0.717) is 6.04 Å². The summed E-state index contributed by atoms with van der Waals surface area (Å²) < 4.78 is 42.1. The maximum Gasteiger partial charge on any atom is 0.411 e. The van der Waals surface area contributed by atoms with E-state index in [-0.39, 0.29) is 11.5 Å². The van der Waals surface area contributed by atoms with Gasteiger partial charge in [-0.25, -0.2) is 0 Å². The Balaban J connectivity index is 1.92. The average molecular weight is 279 g/mol. The topological polar surface area (TPSA) is 21.3 Å². The van der Waals surface area contributed by atoms with Gasteiger partial charge in [0.05, 0.1) is 6.10 Å². The number of rotatable bonds is 5. The Morgan fingerprint density at radius 3 is 2.47 bits per heavy atom. The van der Waals surface area contributed by atoms with Crippen molar-refractivity contribution in [1.29, 1.82) is 0 Å². The number of hydrogen-bond donors (Lipinski definition) is 1. The number of ether oxygens (including phenoxy) is 1. The van der Waals surface area contributed by atoms with Crippen molar-refractivity contribution in [2.45, 2.75) is 70.2 Å². The minimum atomic E-state index is -4.21. The van der Waals surface area contributed by atoms with Crippen LogP contribution in [-0.4, -0.2) is 31.5 Å². The molecule has 0 aromatic heterocycles. The van der Waals surface area contributed by atoms with Crippen LogP contribution in [0.4, 0.5) is 13.2 Å². The molecule has 2 fully saturated rings. The van der Waals surface area contributed by atoms with Crippen LogP contribution in [0, 0.1) is 5.41 Å². The van der Waals surface area contributed by atoms with Crippen LogP contribution in [0.1, 0.15) is 51.9 Å². The second-order valence-corrected chi connectivity index (χ2v) is 5.95. The van der Waals surface area contributed by atoms with E-state index in [2.05, 4.69) is 12.2 Å². The first kappa shape index (κ1) is 15.1. The van der Waals surface area contributed by atoms with Gasteiger partial charge in [0.15, 0.2) is 0 Å². The highest BCUT2D eigenvalue weighted by atomic mass is 19.4. The fourth-order valence-electron chi connectivity index (χ4n) is 3.66. The second kappa shape index (κ2) is 6.00. The van der Waals surface area contributed by atoms with Crippen molar-refractivity contribution in [2.24, 2.45) is 5.41 Å². The van der Waals surface area contributed by atoms with E-state index in [1.165, 1.54) is 6.42 Å². The zero-order valence-electron chi connectivity index (χ0n) is 11.6. The quantitative estimate of drug-likeness (QED) is 0.829. The van der Waals surface area contributed by atoms with Crippen molar-refractivity contribution in [3.63, 3.8) is 0 Å². The Morgan fingerprint density at radius 1 is 1.21 bits per heavy atom. The van der Waals surface area contributed by atoms with E-state index >= 15 is 0 Å². The zero-order valence-corrected chi connectivity index (χ0v) is 11.6. The summed E-state index contributed by atoms with van der Waals surface area (Å²) in [5.74, 6) is 0. The molecule has 2 aliphatic carbocycles. The van der Waals surface area contributed by atoms with Crippen molar-refractivity contribution >= 4 is 0 Å². The van der Waals surface area contributed by atoms with Gasteiger partial charge in [-0.05, 0) is 32.2 Å². The molecule has 0 radical (unpaired) electrons. The van der Waals surface area contributed by atoms with Gasteiger partial charge < -0.3 is 10.1 Å². The van der Waals surface area contributed by atoms with Crippen molar-refractivity contribution < 1.29 is 17.9 Å². The number of halogens is 3. The molecule has 0 aromatic rings. The van der Waals surface area contributed by atoms with Crippen LogP contribution in [0.25, 0.3) is 0 Å². The summed E-state index contributed by atoms with van der Waals surface area (Å²) >= 11 is 0. The third kappa shape index (κ3) is 3.43. The summed E-state index contributed by atoms with van der Waals surface area (Å²) in [6.45, 7) is 1.95. The first-order valence-corrected chi connectivity index (χ1v) is 7.40. The summed E-state index contributed by atoms with van der Waals surface area (Å²) in [6.07, 6.45) is 2.84. The Hall–Kier alpha value is -0.290. The molecule has 19 heavy (non-hydrogen) atoms. The highest BCUT2D eigenvalue weighted by Gasteiger charge is 2.55. The first-order chi connectivity index (χ1) is 8.98. The molecule has 0 aliphatic heterocycles. The Morgan fingerprint density at radius 2 is 1.89 bits per heavy atom. The molecule has 2 nitrogen and oxygen atoms in total. The van der Waals surface area contributed by atoms with Crippen LogP contribution in [-0.2, 0) is 4.74 Å². The molecule has 5 heteroatoms. The van der Waals surface area contributed by atoms with Gasteiger partial charge in [0, 0.05) is 11.5 Å². The third-order valence-electron chi connectivity index (χ3n) is 4.66. The summed E-state index contributed by atoms with van der Waals surface area (Å²) in [4.78, 5) is 0. The predicted molar refractivity (Wildman–Crippen MR) is 68.0 cm³/mol. The van der Waals surface area contributed by atoms with Crippen LogP contribution in [0.2, 0.25) is 0 Å². The lowest BCUT2D eigenvalue weighted by Gasteiger charge is -2.58. The van der Waals surface area contributed by atoms with E-state index in [9.17, 15) is 13.2 Å². The molecule has 2 unspecified atom stereocenters.